The molecular formula is C20H16ClNO3S. The quantitative estimate of drug-likeness (QED) is 0.520. The summed E-state index contributed by atoms with van der Waals surface area (Å²) in [5.74, 6) is -0.298. The predicted molar refractivity (Wildman–Crippen MR) is 104 cm³/mol. The number of fused-ring (bicyclic) bond motifs is 2. The van der Waals surface area contributed by atoms with Crippen LogP contribution in [0.15, 0.2) is 52.2 Å². The highest BCUT2D eigenvalue weighted by atomic mass is 35.5. The van der Waals surface area contributed by atoms with Crippen molar-refractivity contribution in [2.45, 2.75) is 23.7 Å². The Labute approximate surface area is 159 Å². The smallest absolute Gasteiger partial charge is 0.200 e. The van der Waals surface area contributed by atoms with E-state index in [0.717, 1.165) is 15.2 Å². The van der Waals surface area contributed by atoms with Gasteiger partial charge < -0.3 is 5.21 Å². The number of nitrogens with zero attached hydrogens (tertiary/aromatic N) is 1. The Morgan fingerprint density at radius 1 is 1.12 bits per heavy atom. The zero-order valence-corrected chi connectivity index (χ0v) is 15.6. The zero-order chi connectivity index (χ0) is 18.4. The maximum absolute atomic E-state index is 12.8. The van der Waals surface area contributed by atoms with E-state index in [1.54, 1.807) is 23.9 Å². The lowest BCUT2D eigenvalue weighted by Crippen LogP contribution is -2.30. The lowest BCUT2D eigenvalue weighted by atomic mass is 9.81. The summed E-state index contributed by atoms with van der Waals surface area (Å²) in [6, 6.07) is 12.8. The summed E-state index contributed by atoms with van der Waals surface area (Å²) in [6.45, 7) is 0. The molecule has 26 heavy (non-hydrogen) atoms. The minimum absolute atomic E-state index is 0.0616. The summed E-state index contributed by atoms with van der Waals surface area (Å²) in [5, 5.41) is 11.3. The van der Waals surface area contributed by atoms with Gasteiger partial charge in [0.2, 0.25) is 5.43 Å². The molecule has 1 aliphatic rings. The van der Waals surface area contributed by atoms with Crippen LogP contribution in [-0.4, -0.2) is 22.0 Å². The number of carbonyl (C=O) groups excluding carboxylic acids is 1. The molecule has 3 aromatic rings. The summed E-state index contributed by atoms with van der Waals surface area (Å²) in [7, 11) is 0. The standard InChI is InChI=1S/C20H16ClNO3S/c1-26-14-5-2-11(3-6-14)12-8-17-19(18(23)9-12)20(24)15-10-13(21)4-7-16(15)22(17)25/h2-7,10,12,25H,8-9H2,1H3. The average molecular weight is 386 g/mol. The molecule has 132 valence electrons. The van der Waals surface area contributed by atoms with Crippen molar-refractivity contribution in [2.24, 2.45) is 0 Å². The highest BCUT2D eigenvalue weighted by Gasteiger charge is 2.32. The Bertz CT molecular complexity index is 1090. The van der Waals surface area contributed by atoms with Crippen molar-refractivity contribution < 1.29 is 10.0 Å². The van der Waals surface area contributed by atoms with Crippen molar-refractivity contribution in [2.75, 3.05) is 6.26 Å². The van der Waals surface area contributed by atoms with Crippen LogP contribution < -0.4 is 5.43 Å². The van der Waals surface area contributed by atoms with Crippen LogP contribution in [0, 0.1) is 0 Å². The van der Waals surface area contributed by atoms with E-state index in [1.165, 1.54) is 6.07 Å². The van der Waals surface area contributed by atoms with Gasteiger partial charge in [0.1, 0.15) is 0 Å². The normalized spacial score (nSPS) is 16.7. The van der Waals surface area contributed by atoms with E-state index in [-0.39, 0.29) is 34.5 Å². The first-order valence-corrected chi connectivity index (χ1v) is 9.83. The monoisotopic (exact) mass is 385 g/mol. The van der Waals surface area contributed by atoms with Gasteiger partial charge in [-0.1, -0.05) is 23.7 Å². The zero-order valence-electron chi connectivity index (χ0n) is 14.0. The molecule has 1 unspecified atom stereocenters. The minimum atomic E-state index is -0.357. The molecule has 0 radical (unpaired) electrons. The summed E-state index contributed by atoms with van der Waals surface area (Å²) in [4.78, 5) is 26.7. The van der Waals surface area contributed by atoms with Gasteiger partial charge >= 0.3 is 0 Å². The second-order valence-electron chi connectivity index (χ2n) is 6.43. The van der Waals surface area contributed by atoms with Crippen LogP contribution in [0.4, 0.5) is 0 Å². The van der Waals surface area contributed by atoms with E-state index < -0.39 is 0 Å². The van der Waals surface area contributed by atoms with Gasteiger partial charge in [-0.25, -0.2) is 0 Å². The van der Waals surface area contributed by atoms with E-state index in [9.17, 15) is 14.8 Å². The molecule has 0 fully saturated rings. The molecule has 2 aromatic carbocycles. The van der Waals surface area contributed by atoms with Gasteiger partial charge in [-0.15, -0.1) is 11.8 Å². The highest BCUT2D eigenvalue weighted by molar-refractivity contribution is 7.98. The molecule has 4 rings (SSSR count). The minimum Gasteiger partial charge on any atom is -0.428 e. The largest absolute Gasteiger partial charge is 0.428 e. The van der Waals surface area contributed by atoms with E-state index in [2.05, 4.69) is 0 Å². The number of halogens is 1. The van der Waals surface area contributed by atoms with Gasteiger partial charge in [0.05, 0.1) is 22.2 Å². The van der Waals surface area contributed by atoms with Crippen molar-refractivity contribution in [3.8, 4) is 0 Å². The maximum atomic E-state index is 12.8. The van der Waals surface area contributed by atoms with Crippen LogP contribution in [-0.2, 0) is 6.42 Å². The fourth-order valence-electron chi connectivity index (χ4n) is 3.61. The Morgan fingerprint density at radius 3 is 2.54 bits per heavy atom. The first-order valence-electron chi connectivity index (χ1n) is 8.23. The second kappa shape index (κ2) is 6.49. The molecule has 0 saturated carbocycles. The van der Waals surface area contributed by atoms with E-state index in [0.29, 0.717) is 22.7 Å². The summed E-state index contributed by atoms with van der Waals surface area (Å²) in [5.41, 5.74) is 1.50. The number of hydrogen-bond donors (Lipinski definition) is 1. The molecule has 1 heterocycles. The lowest BCUT2D eigenvalue weighted by molar-refractivity contribution is 0.0949. The van der Waals surface area contributed by atoms with E-state index in [1.807, 2.05) is 30.5 Å². The fraction of sp³-hybridized carbons (Fsp3) is 0.200. The maximum Gasteiger partial charge on any atom is 0.200 e. The lowest BCUT2D eigenvalue weighted by Gasteiger charge is -2.25. The molecule has 0 bridgehead atoms. The molecule has 1 aromatic heterocycles. The molecule has 1 N–H and O–H groups in total. The SMILES string of the molecule is CSc1ccc(C2CC(=O)c3c(n(O)c4ccc(Cl)cc4c3=O)C2)cc1. The van der Waals surface area contributed by atoms with Crippen molar-refractivity contribution >= 4 is 40.0 Å². The predicted octanol–water partition coefficient (Wildman–Crippen LogP) is 4.53. The van der Waals surface area contributed by atoms with Crippen LogP contribution >= 0.6 is 23.4 Å². The number of benzene rings is 2. The topological polar surface area (TPSA) is 59.3 Å². The number of aromatic nitrogens is 1. The molecule has 4 nitrogen and oxygen atoms in total. The number of thioether (sulfide) groups is 1. The van der Waals surface area contributed by atoms with Gasteiger partial charge in [-0.2, -0.15) is 4.73 Å². The Balaban J connectivity index is 1.85. The van der Waals surface area contributed by atoms with Gasteiger partial charge in [0.25, 0.3) is 0 Å². The van der Waals surface area contributed by atoms with Gasteiger partial charge in [0, 0.05) is 16.3 Å². The van der Waals surface area contributed by atoms with Crippen LogP contribution in [0.3, 0.4) is 0 Å². The Hall–Kier alpha value is -2.24. The Kier molecular flexibility index (Phi) is 4.29. The molecule has 6 heteroatoms. The molecule has 0 amide bonds. The van der Waals surface area contributed by atoms with Crippen molar-refractivity contribution in [3.63, 3.8) is 0 Å². The third kappa shape index (κ3) is 2.72. The highest BCUT2D eigenvalue weighted by Crippen LogP contribution is 2.33. The number of Topliss-reactive ketones (excluding diaryl/α,β-unsaturated/α-hetero) is 1. The molecule has 0 aliphatic heterocycles. The Morgan fingerprint density at radius 2 is 1.85 bits per heavy atom. The van der Waals surface area contributed by atoms with Crippen LogP contribution in [0.1, 0.15) is 34.0 Å². The molecule has 1 aliphatic carbocycles. The third-order valence-corrected chi connectivity index (χ3v) is 5.92. The number of carbonyl (C=O) groups is 1. The molecule has 0 saturated heterocycles. The summed E-state index contributed by atoms with van der Waals surface area (Å²) in [6.07, 6.45) is 2.70. The molecule has 1 atom stereocenters. The van der Waals surface area contributed by atoms with Crippen molar-refractivity contribution in [1.29, 1.82) is 0 Å². The molecule has 0 spiro atoms. The van der Waals surface area contributed by atoms with Crippen LogP contribution in [0.2, 0.25) is 5.02 Å². The number of ketones is 1. The summed E-state index contributed by atoms with van der Waals surface area (Å²) < 4.78 is 0.975. The first kappa shape index (κ1) is 17.2. The number of rotatable bonds is 2. The first-order chi connectivity index (χ1) is 12.5. The number of pyridine rings is 1. The van der Waals surface area contributed by atoms with Crippen molar-refractivity contribution in [3.05, 3.63) is 74.5 Å². The average Bonchev–Trinajstić information content (AvgIpc) is 2.65. The van der Waals surface area contributed by atoms with E-state index >= 15 is 0 Å². The van der Waals surface area contributed by atoms with Crippen LogP contribution in [0.25, 0.3) is 10.9 Å². The van der Waals surface area contributed by atoms with Gasteiger partial charge in [0.15, 0.2) is 5.78 Å². The molecular weight excluding hydrogens is 370 g/mol. The summed E-state index contributed by atoms with van der Waals surface area (Å²) >= 11 is 7.63. The van der Waals surface area contributed by atoms with Crippen LogP contribution in [0.5, 0.6) is 0 Å². The second-order valence-corrected chi connectivity index (χ2v) is 7.74. The van der Waals surface area contributed by atoms with Gasteiger partial charge in [-0.3, -0.25) is 9.59 Å². The number of hydrogen-bond acceptors (Lipinski definition) is 4. The van der Waals surface area contributed by atoms with Crippen molar-refractivity contribution in [1.82, 2.24) is 4.73 Å². The van der Waals surface area contributed by atoms with Gasteiger partial charge in [-0.05, 0) is 54.5 Å². The third-order valence-electron chi connectivity index (χ3n) is 4.94. The van der Waals surface area contributed by atoms with E-state index in [4.69, 9.17) is 11.6 Å². The fourth-order valence-corrected chi connectivity index (χ4v) is 4.19.